The first-order chi connectivity index (χ1) is 9.02. The van der Waals surface area contributed by atoms with E-state index in [4.69, 9.17) is 0 Å². The molecule has 1 heterocycles. The topological polar surface area (TPSA) is 67.9 Å². The minimum Gasteiger partial charge on any atom is -0.460 e. The van der Waals surface area contributed by atoms with E-state index in [1.54, 1.807) is 6.92 Å². The lowest BCUT2D eigenvalue weighted by Crippen LogP contribution is -2.06. The quantitative estimate of drug-likeness (QED) is 0.878. The van der Waals surface area contributed by atoms with Crippen molar-refractivity contribution in [2.45, 2.75) is 6.92 Å². The summed E-state index contributed by atoms with van der Waals surface area (Å²) in [4.78, 5) is 15.1. The highest BCUT2D eigenvalue weighted by Crippen LogP contribution is 2.26. The van der Waals surface area contributed by atoms with E-state index in [0.29, 0.717) is 0 Å². The Balaban J connectivity index is 2.41. The molecule has 1 aromatic heterocycles. The maximum atomic E-state index is 13.7. The fourth-order valence-corrected chi connectivity index (χ4v) is 1.82. The number of aromatic amines is 1. The second kappa shape index (κ2) is 5.43. The molecule has 2 rings (SSSR count). The SMILES string of the molecule is CCOC(=O)c1nc(-c2c(F)cc(Br)cc2F)n[nH]1. The zero-order valence-corrected chi connectivity index (χ0v) is 11.3. The van der Waals surface area contributed by atoms with Crippen LogP contribution in [0.1, 0.15) is 17.5 Å². The summed E-state index contributed by atoms with van der Waals surface area (Å²) in [6, 6.07) is 2.16. The fourth-order valence-electron chi connectivity index (χ4n) is 1.42. The number of hydrogen-bond acceptors (Lipinski definition) is 4. The molecule has 0 radical (unpaired) electrons. The summed E-state index contributed by atoms with van der Waals surface area (Å²) in [5, 5.41) is 5.89. The van der Waals surface area contributed by atoms with E-state index in [0.717, 1.165) is 12.1 Å². The van der Waals surface area contributed by atoms with Crippen molar-refractivity contribution in [3.8, 4) is 11.4 Å². The van der Waals surface area contributed by atoms with Gasteiger partial charge >= 0.3 is 5.97 Å². The summed E-state index contributed by atoms with van der Waals surface area (Å²) >= 11 is 2.97. The van der Waals surface area contributed by atoms with E-state index in [1.807, 2.05) is 0 Å². The van der Waals surface area contributed by atoms with Crippen molar-refractivity contribution in [1.29, 1.82) is 0 Å². The lowest BCUT2D eigenvalue weighted by Gasteiger charge is -2.01. The first kappa shape index (κ1) is 13.6. The molecule has 0 aliphatic rings. The van der Waals surface area contributed by atoms with Crippen LogP contribution in [-0.2, 0) is 4.74 Å². The van der Waals surface area contributed by atoms with E-state index < -0.39 is 23.2 Å². The number of benzene rings is 1. The van der Waals surface area contributed by atoms with E-state index in [1.165, 1.54) is 0 Å². The first-order valence-corrected chi connectivity index (χ1v) is 6.06. The molecular weight excluding hydrogens is 324 g/mol. The van der Waals surface area contributed by atoms with Crippen LogP contribution >= 0.6 is 15.9 Å². The predicted octanol–water partition coefficient (Wildman–Crippen LogP) is 2.69. The highest BCUT2D eigenvalue weighted by molar-refractivity contribution is 9.10. The normalized spacial score (nSPS) is 10.5. The van der Waals surface area contributed by atoms with Gasteiger partial charge in [-0.05, 0) is 19.1 Å². The van der Waals surface area contributed by atoms with Crippen LogP contribution in [0.5, 0.6) is 0 Å². The number of carbonyl (C=O) groups excluding carboxylic acids is 1. The number of aromatic nitrogens is 3. The predicted molar refractivity (Wildman–Crippen MR) is 65.4 cm³/mol. The van der Waals surface area contributed by atoms with Crippen molar-refractivity contribution < 1.29 is 18.3 Å². The molecule has 0 unspecified atom stereocenters. The Morgan fingerprint density at radius 2 is 2.05 bits per heavy atom. The van der Waals surface area contributed by atoms with Gasteiger partial charge in [0.05, 0.1) is 12.2 Å². The Kier molecular flexibility index (Phi) is 3.89. The fraction of sp³-hybridized carbons (Fsp3) is 0.182. The smallest absolute Gasteiger partial charge is 0.375 e. The molecule has 0 fully saturated rings. The largest absolute Gasteiger partial charge is 0.460 e. The van der Waals surface area contributed by atoms with Crippen LogP contribution < -0.4 is 0 Å². The highest BCUT2D eigenvalue weighted by atomic mass is 79.9. The molecular formula is C11H8BrF2N3O2. The minimum atomic E-state index is -0.832. The number of nitrogens with zero attached hydrogens (tertiary/aromatic N) is 2. The zero-order chi connectivity index (χ0) is 14.0. The van der Waals surface area contributed by atoms with E-state index in [9.17, 15) is 13.6 Å². The lowest BCUT2D eigenvalue weighted by atomic mass is 10.2. The summed E-state index contributed by atoms with van der Waals surface area (Å²) in [6.45, 7) is 1.79. The van der Waals surface area contributed by atoms with Gasteiger partial charge in [-0.15, -0.1) is 0 Å². The van der Waals surface area contributed by atoms with E-state index in [2.05, 4.69) is 35.8 Å². The van der Waals surface area contributed by atoms with E-state index in [-0.39, 0.29) is 22.7 Å². The van der Waals surface area contributed by atoms with Crippen molar-refractivity contribution >= 4 is 21.9 Å². The third-order valence-corrected chi connectivity index (χ3v) is 2.64. The third-order valence-electron chi connectivity index (χ3n) is 2.18. The van der Waals surface area contributed by atoms with Gasteiger partial charge < -0.3 is 4.74 Å². The number of rotatable bonds is 3. The number of esters is 1. The van der Waals surface area contributed by atoms with Crippen molar-refractivity contribution in [3.05, 3.63) is 34.1 Å². The highest BCUT2D eigenvalue weighted by Gasteiger charge is 2.20. The summed E-state index contributed by atoms with van der Waals surface area (Å²) in [7, 11) is 0. The maximum Gasteiger partial charge on any atom is 0.375 e. The molecule has 19 heavy (non-hydrogen) atoms. The monoisotopic (exact) mass is 331 g/mol. The molecule has 100 valence electrons. The summed E-state index contributed by atoms with van der Waals surface area (Å²) in [5.41, 5.74) is -0.407. The van der Waals surface area contributed by atoms with Gasteiger partial charge in [0.2, 0.25) is 5.82 Å². The molecule has 0 saturated heterocycles. The van der Waals surface area contributed by atoms with E-state index >= 15 is 0 Å². The molecule has 0 spiro atoms. The van der Waals surface area contributed by atoms with Crippen molar-refractivity contribution in [2.75, 3.05) is 6.61 Å². The average molecular weight is 332 g/mol. The molecule has 1 N–H and O–H groups in total. The number of H-pyrrole nitrogens is 1. The molecule has 0 atom stereocenters. The number of carbonyl (C=O) groups is 1. The van der Waals surface area contributed by atoms with Crippen LogP contribution in [0, 0.1) is 11.6 Å². The molecule has 1 aromatic carbocycles. The van der Waals surface area contributed by atoms with Crippen LogP contribution in [0.4, 0.5) is 8.78 Å². The van der Waals surface area contributed by atoms with Crippen LogP contribution in [-0.4, -0.2) is 27.8 Å². The lowest BCUT2D eigenvalue weighted by molar-refractivity contribution is 0.0512. The van der Waals surface area contributed by atoms with Gasteiger partial charge in [-0.3, -0.25) is 5.10 Å². The zero-order valence-electron chi connectivity index (χ0n) is 9.71. The van der Waals surface area contributed by atoms with Gasteiger partial charge in [-0.25, -0.2) is 18.6 Å². The Morgan fingerprint density at radius 3 is 2.63 bits per heavy atom. The van der Waals surface area contributed by atoms with Crippen molar-refractivity contribution in [3.63, 3.8) is 0 Å². The van der Waals surface area contributed by atoms with Gasteiger partial charge in [0.15, 0.2) is 5.82 Å². The minimum absolute atomic E-state index is 0.163. The average Bonchev–Trinajstić information content (AvgIpc) is 2.77. The van der Waals surface area contributed by atoms with Crippen LogP contribution in [0.3, 0.4) is 0 Å². The number of hydrogen-bond donors (Lipinski definition) is 1. The molecule has 8 heteroatoms. The van der Waals surface area contributed by atoms with Gasteiger partial charge in [0.25, 0.3) is 0 Å². The molecule has 2 aromatic rings. The maximum absolute atomic E-state index is 13.7. The Labute approximate surface area is 115 Å². The Hall–Kier alpha value is -1.83. The molecule has 0 saturated carbocycles. The molecule has 5 nitrogen and oxygen atoms in total. The second-order valence-electron chi connectivity index (χ2n) is 3.47. The van der Waals surface area contributed by atoms with Crippen molar-refractivity contribution in [2.24, 2.45) is 0 Å². The second-order valence-corrected chi connectivity index (χ2v) is 4.39. The molecule has 0 aliphatic carbocycles. The van der Waals surface area contributed by atoms with Crippen molar-refractivity contribution in [1.82, 2.24) is 15.2 Å². The number of nitrogens with one attached hydrogen (secondary N) is 1. The van der Waals surface area contributed by atoms with Crippen LogP contribution in [0.2, 0.25) is 0 Å². The third kappa shape index (κ3) is 2.78. The van der Waals surface area contributed by atoms with Crippen LogP contribution in [0.15, 0.2) is 16.6 Å². The van der Waals surface area contributed by atoms with Gasteiger partial charge in [0, 0.05) is 4.47 Å². The molecule has 0 aliphatic heterocycles. The Bertz CT molecular complexity index is 607. The van der Waals surface area contributed by atoms with Gasteiger partial charge in [0.1, 0.15) is 11.6 Å². The first-order valence-electron chi connectivity index (χ1n) is 5.27. The summed E-state index contributed by atoms with van der Waals surface area (Å²) < 4.78 is 32.3. The molecule has 0 bridgehead atoms. The van der Waals surface area contributed by atoms with Gasteiger partial charge in [-0.2, -0.15) is 5.10 Å². The summed E-state index contributed by atoms with van der Waals surface area (Å²) in [5.74, 6) is -2.86. The number of halogens is 3. The number of ether oxygens (including phenoxy) is 1. The summed E-state index contributed by atoms with van der Waals surface area (Å²) in [6.07, 6.45) is 0. The Morgan fingerprint density at radius 1 is 1.42 bits per heavy atom. The standard InChI is InChI=1S/C11H8BrF2N3O2/c1-2-19-11(18)10-15-9(16-17-10)8-6(13)3-5(12)4-7(8)14/h3-4H,2H2,1H3,(H,15,16,17). The molecule has 0 amide bonds. The van der Waals surface area contributed by atoms with Crippen LogP contribution in [0.25, 0.3) is 11.4 Å². The van der Waals surface area contributed by atoms with Gasteiger partial charge in [-0.1, -0.05) is 15.9 Å².